The van der Waals surface area contributed by atoms with Crippen molar-refractivity contribution in [3.05, 3.63) is 119 Å². The highest BCUT2D eigenvalue weighted by Gasteiger charge is 2.58. The molecule has 5 aromatic rings. The third kappa shape index (κ3) is 10.8. The number of nitrogens with two attached hydrogens (primary N) is 3. The van der Waals surface area contributed by atoms with E-state index in [0.717, 1.165) is 48.8 Å². The fraction of sp³-hybridized carbons (Fsp3) is 0.385. The molecule has 1 aromatic heterocycles. The van der Waals surface area contributed by atoms with Gasteiger partial charge in [-0.2, -0.15) is 0 Å². The topological polar surface area (TPSA) is 301 Å². The minimum absolute atomic E-state index is 0.00602. The second kappa shape index (κ2) is 21.6. The number of aromatic nitrogens is 1. The van der Waals surface area contributed by atoms with Crippen LogP contribution in [0.3, 0.4) is 0 Å². The molecule has 7 amide bonds. The van der Waals surface area contributed by atoms with Crippen molar-refractivity contribution in [2.45, 2.75) is 105 Å². The van der Waals surface area contributed by atoms with Crippen LogP contribution in [0.25, 0.3) is 21.7 Å². The number of amides is 7. The van der Waals surface area contributed by atoms with Crippen molar-refractivity contribution in [2.24, 2.45) is 22.2 Å². The van der Waals surface area contributed by atoms with Crippen LogP contribution in [0.5, 0.6) is 0 Å². The number of likely N-dealkylation sites (N-methyl/N-ethyl adjacent to an activating group) is 1. The molecule has 0 spiro atoms. The molecule has 3 aliphatic rings. The number of carbonyl (C=O) groups excluding carboxylic acids is 7. The number of primary amides is 1. The van der Waals surface area contributed by atoms with Crippen molar-refractivity contribution < 1.29 is 33.6 Å². The Morgan fingerprint density at radius 3 is 2.28 bits per heavy atom. The molecule has 6 unspecified atom stereocenters. The first kappa shape index (κ1) is 49.8. The number of para-hydroxylation sites is 1. The largest absolute Gasteiger partial charge is 0.370 e. The Kier molecular flexibility index (Phi) is 15.1. The maximum Gasteiger partial charge on any atom is 0.325 e. The first-order valence-electron chi connectivity index (χ1n) is 24.1. The molecule has 372 valence electrons. The van der Waals surface area contributed by atoms with Crippen LogP contribution in [-0.4, -0.2) is 119 Å². The van der Waals surface area contributed by atoms with Crippen LogP contribution in [0.1, 0.15) is 60.8 Å². The molecule has 2 saturated heterocycles. The predicted octanol–water partition coefficient (Wildman–Crippen LogP) is 1.25. The number of nitrogens with one attached hydrogen (secondary N) is 7. The number of nitrogens with zero attached hydrogens (tertiary/aromatic N) is 2. The summed E-state index contributed by atoms with van der Waals surface area (Å²) in [6.45, 7) is 0.376. The van der Waals surface area contributed by atoms with E-state index < -0.39 is 76.9 Å². The van der Waals surface area contributed by atoms with Crippen molar-refractivity contribution >= 4 is 69.5 Å². The lowest BCUT2D eigenvalue weighted by Gasteiger charge is -2.42. The SMILES string of the molecule is CNC1C(=O)NC(Cc2c[nH]c3ccccc23)C(=O)NC(C(N)=O)CCCCNC1(CCN=C(N)N)CCC1NC(=O)N(C2(C(=O)NC(C=O)Cc3ccc4ccccc4c3)Cc3ccccc3C2)C1=O. The second-order valence-corrected chi connectivity index (χ2v) is 18.9. The number of fused-ring (bicyclic) bond motifs is 3. The van der Waals surface area contributed by atoms with E-state index in [1.807, 2.05) is 91.0 Å². The number of guanidine groups is 1. The maximum absolute atomic E-state index is 14.9. The number of hydrogen-bond acceptors (Lipinski definition) is 10. The minimum Gasteiger partial charge on any atom is -0.370 e. The minimum atomic E-state index is -1.71. The van der Waals surface area contributed by atoms with Gasteiger partial charge in [0.25, 0.3) is 5.91 Å². The van der Waals surface area contributed by atoms with E-state index in [2.05, 4.69) is 41.9 Å². The molecule has 0 radical (unpaired) electrons. The van der Waals surface area contributed by atoms with E-state index in [1.54, 1.807) is 13.2 Å². The third-order valence-electron chi connectivity index (χ3n) is 14.3. The van der Waals surface area contributed by atoms with Crippen molar-refractivity contribution in [3.8, 4) is 0 Å². The summed E-state index contributed by atoms with van der Waals surface area (Å²) in [7, 11) is 1.61. The van der Waals surface area contributed by atoms with Gasteiger partial charge in [-0.15, -0.1) is 0 Å². The van der Waals surface area contributed by atoms with Gasteiger partial charge in [-0.3, -0.25) is 29.0 Å². The Balaban J connectivity index is 1.08. The number of rotatable bonds is 16. The van der Waals surface area contributed by atoms with Gasteiger partial charge in [-0.1, -0.05) is 84.9 Å². The molecule has 0 saturated carbocycles. The van der Waals surface area contributed by atoms with Crippen LogP contribution in [0.15, 0.2) is 102 Å². The summed E-state index contributed by atoms with van der Waals surface area (Å²) in [5.74, 6) is -3.33. The van der Waals surface area contributed by atoms with Gasteiger partial charge in [0.2, 0.25) is 23.6 Å². The highest BCUT2D eigenvalue weighted by molar-refractivity contribution is 6.09. The molecule has 19 heteroatoms. The first-order valence-corrected chi connectivity index (χ1v) is 24.1. The van der Waals surface area contributed by atoms with Crippen molar-refractivity contribution in [1.82, 2.24) is 41.8 Å². The Morgan fingerprint density at radius 1 is 0.845 bits per heavy atom. The maximum atomic E-state index is 14.9. The van der Waals surface area contributed by atoms with Gasteiger partial charge < -0.3 is 58.9 Å². The third-order valence-corrected chi connectivity index (χ3v) is 14.3. The molecular formula is C52H62N12O7. The van der Waals surface area contributed by atoms with E-state index in [-0.39, 0.29) is 63.9 Å². The van der Waals surface area contributed by atoms with E-state index in [0.29, 0.717) is 25.7 Å². The standard InChI is InChI=1S/C52H62N12O7/c1-56-43-46(68)62-42(26-36-29-58-39-15-7-6-14-38(36)39)45(67)61-40(44(53)66)16-8-9-22-59-51(43,21-23-57-49(54)55)20-19-41-47(69)64(50(71)63-41)52(27-34-12-4-5-13-35(34)28-52)48(70)60-37(30-65)25-31-17-18-32-10-2-3-11-33(32)24-31/h2-7,10-15,17-18,24,29-30,37,40-43,56,58-59H,8-9,16,19-23,25-28H2,1H3,(H2,53,66)(H,60,70)(H,61,67)(H,62,68)(H,63,71)(H4,54,55,57). The highest BCUT2D eigenvalue weighted by Crippen LogP contribution is 2.38. The molecule has 2 fully saturated rings. The summed E-state index contributed by atoms with van der Waals surface area (Å²) >= 11 is 0. The normalized spacial score (nSPS) is 23.0. The van der Waals surface area contributed by atoms with Crippen LogP contribution >= 0.6 is 0 Å². The summed E-state index contributed by atoms with van der Waals surface area (Å²) in [6.07, 6.45) is 4.16. The van der Waals surface area contributed by atoms with Gasteiger partial charge in [-0.05, 0) is 97.6 Å². The average Bonchev–Trinajstić information content (AvgIpc) is 4.04. The molecule has 6 atom stereocenters. The first-order chi connectivity index (χ1) is 34.2. The molecule has 8 rings (SSSR count). The molecule has 71 heavy (non-hydrogen) atoms. The number of benzene rings is 4. The fourth-order valence-electron chi connectivity index (χ4n) is 10.7. The Morgan fingerprint density at radius 2 is 1.56 bits per heavy atom. The molecular weight excluding hydrogens is 905 g/mol. The van der Waals surface area contributed by atoms with Crippen molar-refractivity contribution in [1.29, 1.82) is 0 Å². The monoisotopic (exact) mass is 966 g/mol. The predicted molar refractivity (Wildman–Crippen MR) is 268 cm³/mol. The van der Waals surface area contributed by atoms with Gasteiger partial charge in [0.15, 0.2) is 5.96 Å². The quantitative estimate of drug-likeness (QED) is 0.0291. The van der Waals surface area contributed by atoms with Crippen molar-refractivity contribution in [2.75, 3.05) is 20.1 Å². The van der Waals surface area contributed by atoms with E-state index in [9.17, 15) is 33.6 Å². The van der Waals surface area contributed by atoms with Crippen LogP contribution < -0.4 is 49.1 Å². The van der Waals surface area contributed by atoms with Crippen molar-refractivity contribution in [3.63, 3.8) is 0 Å². The zero-order valence-corrected chi connectivity index (χ0v) is 39.7. The van der Waals surface area contributed by atoms with Gasteiger partial charge in [0.05, 0.1) is 6.04 Å². The summed E-state index contributed by atoms with van der Waals surface area (Å²) in [5.41, 5.74) is 18.4. The summed E-state index contributed by atoms with van der Waals surface area (Å²) < 4.78 is 0. The fourth-order valence-corrected chi connectivity index (χ4v) is 10.7. The highest BCUT2D eigenvalue weighted by atomic mass is 16.2. The van der Waals surface area contributed by atoms with Gasteiger partial charge in [0, 0.05) is 48.4 Å². The van der Waals surface area contributed by atoms with E-state index in [1.165, 1.54) is 0 Å². The lowest BCUT2D eigenvalue weighted by Crippen LogP contribution is -2.67. The molecule has 19 nitrogen and oxygen atoms in total. The molecule has 0 bridgehead atoms. The smallest absolute Gasteiger partial charge is 0.325 e. The number of imide groups is 1. The Labute approximate surface area is 410 Å². The molecule has 4 aromatic carbocycles. The van der Waals surface area contributed by atoms with Gasteiger partial charge in [0.1, 0.15) is 36.0 Å². The van der Waals surface area contributed by atoms with Gasteiger partial charge in [-0.25, -0.2) is 9.69 Å². The zero-order chi connectivity index (χ0) is 50.3. The van der Waals surface area contributed by atoms with Crippen LogP contribution in [0.4, 0.5) is 4.79 Å². The van der Waals surface area contributed by atoms with Crippen LogP contribution in [0, 0.1) is 0 Å². The molecule has 13 N–H and O–H groups in total. The number of urea groups is 1. The summed E-state index contributed by atoms with van der Waals surface area (Å²) in [4.78, 5) is 107. The lowest BCUT2D eigenvalue weighted by atomic mass is 9.79. The lowest BCUT2D eigenvalue weighted by molar-refractivity contribution is -0.142. The second-order valence-electron chi connectivity index (χ2n) is 18.9. The van der Waals surface area contributed by atoms with Crippen LogP contribution in [-0.2, 0) is 54.5 Å². The van der Waals surface area contributed by atoms with Gasteiger partial charge >= 0.3 is 6.03 Å². The number of carbonyl (C=O) groups is 7. The van der Waals surface area contributed by atoms with Crippen LogP contribution in [0.2, 0.25) is 0 Å². The molecule has 2 aliphatic heterocycles. The molecule has 3 heterocycles. The number of aldehydes is 1. The number of aromatic amines is 1. The Hall–Kier alpha value is -7.64. The number of H-pyrrole nitrogens is 1. The summed E-state index contributed by atoms with van der Waals surface area (Å²) in [6, 6.07) is 22.4. The average molecular weight is 967 g/mol. The zero-order valence-electron chi connectivity index (χ0n) is 39.7. The number of aliphatic imine (C=N–C) groups is 1. The van der Waals surface area contributed by atoms with E-state index in [4.69, 9.17) is 17.2 Å². The summed E-state index contributed by atoms with van der Waals surface area (Å²) in [5, 5.41) is 21.1. The number of hydrogen-bond donors (Lipinski definition) is 10. The molecule has 1 aliphatic carbocycles. The van der Waals surface area contributed by atoms with E-state index >= 15 is 0 Å². The Bertz CT molecular complexity index is 2840.